The van der Waals surface area contributed by atoms with Crippen molar-refractivity contribution in [2.75, 3.05) is 0 Å². The third kappa shape index (κ3) is 1.91. The molecule has 2 aliphatic rings. The molecule has 1 unspecified atom stereocenters. The monoisotopic (exact) mass is 245 g/mol. The third-order valence-electron chi connectivity index (χ3n) is 3.40. The Kier molecular flexibility index (Phi) is 2.87. The number of carboxylic acid groups (broad SMARTS) is 1. The van der Waals surface area contributed by atoms with E-state index in [2.05, 4.69) is 0 Å². The second-order valence-corrected chi connectivity index (χ2v) is 7.83. The molecular weight excluding hydrogens is 226 g/mol. The van der Waals surface area contributed by atoms with E-state index in [-0.39, 0.29) is 10.8 Å². The first-order chi connectivity index (χ1) is 7.34. The summed E-state index contributed by atoms with van der Waals surface area (Å²) in [4.78, 5) is 11.1. The molecule has 0 aromatic carbocycles. The molecule has 16 heavy (non-hydrogen) atoms. The minimum atomic E-state index is -1.19. The van der Waals surface area contributed by atoms with Gasteiger partial charge >= 0.3 is 5.97 Å². The molecule has 1 saturated heterocycles. The maximum atomic E-state index is 12.2. The molecule has 0 spiro atoms. The van der Waals surface area contributed by atoms with Gasteiger partial charge in [-0.1, -0.05) is 6.42 Å². The topological polar surface area (TPSA) is 57.4 Å². The summed E-state index contributed by atoms with van der Waals surface area (Å²) in [6.45, 7) is 5.66. The van der Waals surface area contributed by atoms with Crippen LogP contribution in [0.1, 0.15) is 40.0 Å². The predicted molar refractivity (Wildman–Crippen MR) is 62.3 cm³/mol. The number of hydrogen-bond acceptors (Lipinski definition) is 2. The van der Waals surface area contributed by atoms with Gasteiger partial charge in [-0.25, -0.2) is 8.51 Å². The Bertz CT molecular complexity index is 333. The number of hydrogen-bond donors (Lipinski definition) is 1. The molecule has 0 radical (unpaired) electrons. The van der Waals surface area contributed by atoms with Crippen molar-refractivity contribution in [3.05, 3.63) is 0 Å². The van der Waals surface area contributed by atoms with Crippen molar-refractivity contribution >= 4 is 17.0 Å². The van der Waals surface area contributed by atoms with Crippen LogP contribution in [0.3, 0.4) is 0 Å². The molecular formula is C11H19NO3S. The summed E-state index contributed by atoms with van der Waals surface area (Å²) in [6.07, 6.45) is 3.36. The van der Waals surface area contributed by atoms with Crippen LogP contribution < -0.4 is 0 Å². The van der Waals surface area contributed by atoms with Crippen molar-refractivity contribution in [3.63, 3.8) is 0 Å². The highest BCUT2D eigenvalue weighted by molar-refractivity contribution is 7.84. The first-order valence-electron chi connectivity index (χ1n) is 5.77. The molecule has 1 N–H and O–H groups in total. The van der Waals surface area contributed by atoms with Gasteiger partial charge in [0.05, 0.1) is 10.8 Å². The Balaban J connectivity index is 2.09. The summed E-state index contributed by atoms with van der Waals surface area (Å²) in [5, 5.41) is 9.10. The van der Waals surface area contributed by atoms with Gasteiger partial charge in [-0.05, 0) is 39.5 Å². The van der Waals surface area contributed by atoms with E-state index in [4.69, 9.17) is 5.11 Å². The number of carbonyl (C=O) groups is 1. The summed E-state index contributed by atoms with van der Waals surface area (Å²) < 4.78 is 13.5. The second-order valence-electron chi connectivity index (χ2n) is 5.69. The SMILES string of the molecule is CC(C)(C)[S@@](=O)N1[C@H](C2CCC2)[C@@H]1C(=O)O. The molecule has 4 nitrogen and oxygen atoms in total. The predicted octanol–water partition coefficient (Wildman–Crippen LogP) is 1.39. The van der Waals surface area contributed by atoms with Gasteiger partial charge in [-0.2, -0.15) is 0 Å². The molecule has 0 amide bonds. The second kappa shape index (κ2) is 3.81. The molecule has 2 fully saturated rings. The first kappa shape index (κ1) is 12.0. The molecule has 2 rings (SSSR count). The van der Waals surface area contributed by atoms with Crippen LogP contribution in [0.5, 0.6) is 0 Å². The van der Waals surface area contributed by atoms with Crippen LogP contribution in [0.4, 0.5) is 0 Å². The first-order valence-corrected chi connectivity index (χ1v) is 6.88. The van der Waals surface area contributed by atoms with Crippen LogP contribution >= 0.6 is 0 Å². The summed E-state index contributed by atoms with van der Waals surface area (Å²) in [6, 6.07) is -0.489. The lowest BCUT2D eigenvalue weighted by molar-refractivity contribution is -0.137. The average molecular weight is 245 g/mol. The lowest BCUT2D eigenvalue weighted by atomic mass is 9.82. The normalized spacial score (nSPS) is 36.6. The quantitative estimate of drug-likeness (QED) is 0.764. The fourth-order valence-corrected chi connectivity index (χ4v) is 3.77. The number of carboxylic acids is 1. The molecule has 4 atom stereocenters. The summed E-state index contributed by atoms with van der Waals surface area (Å²) in [5.74, 6) is -0.373. The molecule has 1 aliphatic heterocycles. The molecule has 92 valence electrons. The van der Waals surface area contributed by atoms with Crippen molar-refractivity contribution in [2.24, 2.45) is 5.92 Å². The van der Waals surface area contributed by atoms with E-state index in [0.29, 0.717) is 5.92 Å². The van der Waals surface area contributed by atoms with Gasteiger partial charge in [-0.3, -0.25) is 4.79 Å². The lowest BCUT2D eigenvalue weighted by Gasteiger charge is -2.26. The van der Waals surface area contributed by atoms with E-state index >= 15 is 0 Å². The van der Waals surface area contributed by atoms with Crippen molar-refractivity contribution in [1.29, 1.82) is 0 Å². The highest BCUT2D eigenvalue weighted by Crippen LogP contribution is 2.46. The van der Waals surface area contributed by atoms with Crippen LogP contribution in [0.25, 0.3) is 0 Å². The zero-order valence-electron chi connectivity index (χ0n) is 9.97. The maximum Gasteiger partial charge on any atom is 0.323 e. The number of aliphatic carboxylic acids is 1. The van der Waals surface area contributed by atoms with E-state index in [1.54, 1.807) is 4.31 Å². The van der Waals surface area contributed by atoms with Gasteiger partial charge in [0.15, 0.2) is 0 Å². The Hall–Kier alpha value is -0.420. The van der Waals surface area contributed by atoms with Gasteiger partial charge in [0.2, 0.25) is 0 Å². The highest BCUT2D eigenvalue weighted by Gasteiger charge is 2.61. The van der Waals surface area contributed by atoms with Crippen LogP contribution in [-0.2, 0) is 15.8 Å². The Morgan fingerprint density at radius 1 is 1.38 bits per heavy atom. The van der Waals surface area contributed by atoms with E-state index in [1.807, 2.05) is 20.8 Å². The molecule has 1 heterocycles. The van der Waals surface area contributed by atoms with Gasteiger partial charge < -0.3 is 5.11 Å². The van der Waals surface area contributed by atoms with E-state index in [9.17, 15) is 9.00 Å². The van der Waals surface area contributed by atoms with Crippen LogP contribution in [0, 0.1) is 5.92 Å². The molecule has 5 heteroatoms. The minimum absolute atomic E-state index is 0.0197. The van der Waals surface area contributed by atoms with E-state index in [0.717, 1.165) is 12.8 Å². The summed E-state index contributed by atoms with van der Waals surface area (Å²) >= 11 is 0. The standard InChI is InChI=1S/C11H19NO3S/c1-11(2,3)16(15)12-8(7-5-4-6-7)9(12)10(13)14/h7-9H,4-6H2,1-3H3,(H,13,14)/t8-,9-,12?,16-/m1/s1. The van der Waals surface area contributed by atoms with Gasteiger partial charge in [0.1, 0.15) is 17.0 Å². The number of rotatable bonds is 3. The molecule has 1 saturated carbocycles. The maximum absolute atomic E-state index is 12.2. The molecule has 0 aromatic heterocycles. The summed E-state index contributed by atoms with van der Waals surface area (Å²) in [7, 11) is -1.19. The van der Waals surface area contributed by atoms with Gasteiger partial charge in [-0.15, -0.1) is 0 Å². The zero-order valence-corrected chi connectivity index (χ0v) is 10.8. The average Bonchev–Trinajstić information content (AvgIpc) is 2.73. The third-order valence-corrected chi connectivity index (χ3v) is 5.30. The molecule has 0 aromatic rings. The van der Waals surface area contributed by atoms with Gasteiger partial charge in [0.25, 0.3) is 0 Å². The Morgan fingerprint density at radius 3 is 2.25 bits per heavy atom. The largest absolute Gasteiger partial charge is 0.480 e. The fourth-order valence-electron chi connectivity index (χ4n) is 2.26. The highest BCUT2D eigenvalue weighted by atomic mass is 32.2. The fraction of sp³-hybridized carbons (Fsp3) is 0.909. The molecule has 0 bridgehead atoms. The van der Waals surface area contributed by atoms with Crippen molar-refractivity contribution in [3.8, 4) is 0 Å². The number of nitrogens with zero attached hydrogens (tertiary/aromatic N) is 1. The van der Waals surface area contributed by atoms with Gasteiger partial charge in [0, 0.05) is 0 Å². The van der Waals surface area contributed by atoms with E-state index in [1.165, 1.54) is 6.42 Å². The van der Waals surface area contributed by atoms with E-state index < -0.39 is 23.0 Å². The van der Waals surface area contributed by atoms with Crippen molar-refractivity contribution < 1.29 is 14.1 Å². The molecule has 1 aliphatic carbocycles. The zero-order chi connectivity index (χ0) is 12.1. The Labute approximate surface area is 98.6 Å². The lowest BCUT2D eigenvalue weighted by Crippen LogP contribution is -2.31. The van der Waals surface area contributed by atoms with Crippen molar-refractivity contribution in [2.45, 2.75) is 56.9 Å². The minimum Gasteiger partial charge on any atom is -0.480 e. The van der Waals surface area contributed by atoms with Crippen LogP contribution in [0.15, 0.2) is 0 Å². The van der Waals surface area contributed by atoms with Crippen molar-refractivity contribution in [1.82, 2.24) is 4.31 Å². The van der Waals surface area contributed by atoms with Crippen LogP contribution in [0.2, 0.25) is 0 Å². The summed E-state index contributed by atoms with van der Waals surface area (Å²) in [5.41, 5.74) is 0. The van der Waals surface area contributed by atoms with Crippen LogP contribution in [-0.4, -0.2) is 36.4 Å². The smallest absolute Gasteiger partial charge is 0.323 e. The Morgan fingerprint density at radius 2 is 1.94 bits per heavy atom.